The highest BCUT2D eigenvalue weighted by Gasteiger charge is 2.39. The average Bonchev–Trinajstić information content (AvgIpc) is 2.45. The molecule has 3 atom stereocenters. The number of likely N-dealkylation sites (tertiary alicyclic amines) is 1. The molecule has 2 rings (SSSR count). The minimum Gasteiger partial charge on any atom is -0.444 e. The van der Waals surface area contributed by atoms with Gasteiger partial charge in [-0.15, -0.1) is 0 Å². The molecule has 1 aliphatic carbocycles. The van der Waals surface area contributed by atoms with E-state index in [0.29, 0.717) is 18.0 Å². The number of nitrogens with one attached hydrogen (secondary N) is 1. The highest BCUT2D eigenvalue weighted by Crippen LogP contribution is 2.34. The molecule has 5 nitrogen and oxygen atoms in total. The molecule has 0 aromatic rings. The van der Waals surface area contributed by atoms with Crippen molar-refractivity contribution in [2.45, 2.75) is 83.4 Å². The second-order valence-electron chi connectivity index (χ2n) is 8.32. The first-order valence-electron chi connectivity index (χ1n) is 9.21. The van der Waals surface area contributed by atoms with Crippen LogP contribution < -0.4 is 5.43 Å². The number of rotatable bonds is 3. The van der Waals surface area contributed by atoms with Crippen LogP contribution in [-0.2, 0) is 4.74 Å². The molecular weight excluding hydrogens is 290 g/mol. The monoisotopic (exact) mass is 325 g/mol. The van der Waals surface area contributed by atoms with Crippen LogP contribution in [0.4, 0.5) is 4.79 Å². The zero-order chi connectivity index (χ0) is 17.0. The van der Waals surface area contributed by atoms with Gasteiger partial charge in [-0.05, 0) is 58.8 Å². The van der Waals surface area contributed by atoms with Crippen LogP contribution in [0.2, 0.25) is 0 Å². The lowest BCUT2D eigenvalue weighted by molar-refractivity contribution is -0.00885. The molecule has 1 heterocycles. The SMILES string of the molecule is CN(C)NC1CCCCC1C1CCCCN1C(=O)OC(C)(C)C. The Morgan fingerprint density at radius 3 is 2.39 bits per heavy atom. The fraction of sp³-hybridized carbons (Fsp3) is 0.944. The predicted octanol–water partition coefficient (Wildman–Crippen LogP) is 3.40. The third kappa shape index (κ3) is 5.35. The molecule has 3 unspecified atom stereocenters. The van der Waals surface area contributed by atoms with E-state index < -0.39 is 5.60 Å². The molecule has 0 bridgehead atoms. The summed E-state index contributed by atoms with van der Waals surface area (Å²) in [6.07, 6.45) is 8.24. The number of hydrogen-bond acceptors (Lipinski definition) is 4. The zero-order valence-corrected chi connectivity index (χ0v) is 15.6. The molecule has 5 heteroatoms. The summed E-state index contributed by atoms with van der Waals surface area (Å²) in [5.74, 6) is 0.527. The molecule has 0 radical (unpaired) electrons. The van der Waals surface area contributed by atoms with Crippen LogP contribution in [0.3, 0.4) is 0 Å². The number of hydrogen-bond donors (Lipinski definition) is 1. The molecule has 134 valence electrons. The number of carbonyl (C=O) groups is 1. The van der Waals surface area contributed by atoms with Gasteiger partial charge in [-0.1, -0.05) is 12.8 Å². The van der Waals surface area contributed by atoms with Crippen molar-refractivity contribution in [3.8, 4) is 0 Å². The van der Waals surface area contributed by atoms with Gasteiger partial charge in [-0.25, -0.2) is 4.79 Å². The van der Waals surface area contributed by atoms with Gasteiger partial charge in [0, 0.05) is 32.7 Å². The van der Waals surface area contributed by atoms with E-state index in [-0.39, 0.29) is 6.09 Å². The maximum absolute atomic E-state index is 12.7. The van der Waals surface area contributed by atoms with Crippen molar-refractivity contribution in [1.82, 2.24) is 15.3 Å². The Bertz CT molecular complexity index is 392. The fourth-order valence-corrected chi connectivity index (χ4v) is 4.06. The van der Waals surface area contributed by atoms with E-state index in [0.717, 1.165) is 19.4 Å². The molecular formula is C18H35N3O2. The van der Waals surface area contributed by atoms with Crippen LogP contribution >= 0.6 is 0 Å². The predicted molar refractivity (Wildman–Crippen MR) is 93.1 cm³/mol. The first-order valence-corrected chi connectivity index (χ1v) is 9.21. The largest absolute Gasteiger partial charge is 0.444 e. The molecule has 1 N–H and O–H groups in total. The molecule has 2 fully saturated rings. The van der Waals surface area contributed by atoms with Crippen LogP contribution in [0.1, 0.15) is 65.7 Å². The van der Waals surface area contributed by atoms with E-state index in [9.17, 15) is 4.79 Å². The smallest absolute Gasteiger partial charge is 0.410 e. The fourth-order valence-electron chi connectivity index (χ4n) is 4.06. The van der Waals surface area contributed by atoms with Crippen LogP contribution in [0, 0.1) is 5.92 Å². The second kappa shape index (κ2) is 7.84. The van der Waals surface area contributed by atoms with Gasteiger partial charge in [0.25, 0.3) is 0 Å². The summed E-state index contributed by atoms with van der Waals surface area (Å²) in [5, 5.41) is 2.06. The van der Waals surface area contributed by atoms with Crippen LogP contribution in [-0.4, -0.2) is 54.3 Å². The summed E-state index contributed by atoms with van der Waals surface area (Å²) in [5.41, 5.74) is 3.17. The molecule has 2 aliphatic rings. The lowest BCUT2D eigenvalue weighted by Crippen LogP contribution is -2.56. The van der Waals surface area contributed by atoms with Crippen molar-refractivity contribution < 1.29 is 9.53 Å². The van der Waals surface area contributed by atoms with Crippen molar-refractivity contribution in [3.05, 3.63) is 0 Å². The molecule has 1 amide bonds. The standard InChI is InChI=1S/C18H35N3O2/c1-18(2,3)23-17(22)21-13-9-8-12-16(21)14-10-6-7-11-15(14)19-20(4)5/h14-16,19H,6-13H2,1-5H3. The Kier molecular flexibility index (Phi) is 6.32. The Morgan fingerprint density at radius 2 is 1.74 bits per heavy atom. The van der Waals surface area contributed by atoms with E-state index in [1.165, 1.54) is 32.1 Å². The van der Waals surface area contributed by atoms with E-state index in [1.807, 2.05) is 25.7 Å². The number of carbonyl (C=O) groups excluding carboxylic acids is 1. The quantitative estimate of drug-likeness (QED) is 0.808. The molecule has 1 saturated carbocycles. The Morgan fingerprint density at radius 1 is 1.09 bits per heavy atom. The third-order valence-corrected chi connectivity index (χ3v) is 4.91. The summed E-state index contributed by atoms with van der Waals surface area (Å²) in [6.45, 7) is 6.67. The van der Waals surface area contributed by atoms with Gasteiger partial charge >= 0.3 is 6.09 Å². The van der Waals surface area contributed by atoms with Crippen LogP contribution in [0.5, 0.6) is 0 Å². The van der Waals surface area contributed by atoms with Gasteiger partial charge in [-0.2, -0.15) is 0 Å². The van der Waals surface area contributed by atoms with Crippen molar-refractivity contribution in [3.63, 3.8) is 0 Å². The van der Waals surface area contributed by atoms with Crippen LogP contribution in [0.25, 0.3) is 0 Å². The van der Waals surface area contributed by atoms with Crippen molar-refractivity contribution in [1.29, 1.82) is 0 Å². The summed E-state index contributed by atoms with van der Waals surface area (Å²) in [4.78, 5) is 14.7. The highest BCUT2D eigenvalue weighted by molar-refractivity contribution is 5.68. The number of piperidine rings is 1. The molecule has 0 spiro atoms. The molecule has 1 saturated heterocycles. The molecule has 0 aromatic carbocycles. The third-order valence-electron chi connectivity index (χ3n) is 4.91. The Hall–Kier alpha value is -0.810. The number of nitrogens with zero attached hydrogens (tertiary/aromatic N) is 2. The van der Waals surface area contributed by atoms with E-state index in [4.69, 9.17) is 4.74 Å². The van der Waals surface area contributed by atoms with Gasteiger partial charge in [-0.3, -0.25) is 10.4 Å². The van der Waals surface area contributed by atoms with Crippen LogP contribution in [0.15, 0.2) is 0 Å². The van der Waals surface area contributed by atoms with Crippen molar-refractivity contribution >= 4 is 6.09 Å². The van der Waals surface area contributed by atoms with Crippen molar-refractivity contribution in [2.75, 3.05) is 20.6 Å². The average molecular weight is 325 g/mol. The van der Waals surface area contributed by atoms with Gasteiger partial charge in [0.2, 0.25) is 0 Å². The van der Waals surface area contributed by atoms with E-state index >= 15 is 0 Å². The maximum atomic E-state index is 12.7. The summed E-state index contributed by atoms with van der Waals surface area (Å²) in [7, 11) is 4.11. The minimum atomic E-state index is -0.424. The Balaban J connectivity index is 2.10. The van der Waals surface area contributed by atoms with Gasteiger partial charge < -0.3 is 9.64 Å². The lowest BCUT2D eigenvalue weighted by Gasteiger charge is -2.45. The first-order chi connectivity index (χ1) is 10.8. The normalized spacial score (nSPS) is 29.7. The maximum Gasteiger partial charge on any atom is 0.410 e. The summed E-state index contributed by atoms with van der Waals surface area (Å²) < 4.78 is 5.67. The Labute approximate surface area is 141 Å². The van der Waals surface area contributed by atoms with E-state index in [2.05, 4.69) is 24.5 Å². The van der Waals surface area contributed by atoms with E-state index in [1.54, 1.807) is 0 Å². The first kappa shape index (κ1) is 18.5. The number of amides is 1. The molecule has 23 heavy (non-hydrogen) atoms. The highest BCUT2D eigenvalue weighted by atomic mass is 16.6. The summed E-state index contributed by atoms with van der Waals surface area (Å²) in [6, 6.07) is 0.781. The minimum absolute atomic E-state index is 0.128. The summed E-state index contributed by atoms with van der Waals surface area (Å²) >= 11 is 0. The van der Waals surface area contributed by atoms with Gasteiger partial charge in [0.1, 0.15) is 5.60 Å². The number of ether oxygens (including phenoxy) is 1. The second-order valence-corrected chi connectivity index (χ2v) is 8.32. The van der Waals surface area contributed by atoms with Crippen molar-refractivity contribution in [2.24, 2.45) is 5.92 Å². The zero-order valence-electron chi connectivity index (χ0n) is 15.6. The topological polar surface area (TPSA) is 44.8 Å². The molecule has 0 aromatic heterocycles. The lowest BCUT2D eigenvalue weighted by atomic mass is 9.77. The van der Waals surface area contributed by atoms with Gasteiger partial charge in [0.15, 0.2) is 0 Å². The van der Waals surface area contributed by atoms with Gasteiger partial charge in [0.05, 0.1) is 0 Å². The molecule has 1 aliphatic heterocycles. The number of hydrazine groups is 1.